The van der Waals surface area contributed by atoms with Crippen molar-refractivity contribution in [1.29, 1.82) is 0 Å². The van der Waals surface area contributed by atoms with E-state index in [4.69, 9.17) is 14.9 Å². The van der Waals surface area contributed by atoms with Gasteiger partial charge in [-0.3, -0.25) is 52.7 Å². The molecule has 0 saturated heterocycles. The molecule has 0 bridgehead atoms. The summed E-state index contributed by atoms with van der Waals surface area (Å²) < 4.78 is 4.90. The monoisotopic (exact) mass is 1550 g/mol. The summed E-state index contributed by atoms with van der Waals surface area (Å²) in [5, 5.41) is 194. The molecule has 0 aliphatic heterocycles. The fourth-order valence-electron chi connectivity index (χ4n) is 8.99. The summed E-state index contributed by atoms with van der Waals surface area (Å²) in [6.07, 6.45) is -34.6. The minimum atomic E-state index is -2.17. The van der Waals surface area contributed by atoms with Crippen molar-refractivity contribution in [2.45, 2.75) is 195 Å². The van der Waals surface area contributed by atoms with Gasteiger partial charge in [-0.25, -0.2) is 9.59 Å². The lowest BCUT2D eigenvalue weighted by atomic mass is 9.89. The Morgan fingerprint density at radius 1 is 0.392 bits per heavy atom. The molecule has 43 heteroatoms. The van der Waals surface area contributed by atoms with Crippen LogP contribution in [0.5, 0.6) is 0 Å². The highest BCUT2D eigenvalue weighted by atomic mass is 33.1. The van der Waals surface area contributed by atoms with E-state index >= 15 is 0 Å². The molecule has 0 aliphatic carbocycles. The van der Waals surface area contributed by atoms with E-state index < -0.39 is 309 Å². The molecule has 0 saturated carbocycles. The number of hydrogen-bond donors (Lipinski definition) is 25. The molecular weight excluding hydrogens is 1450 g/mol. The van der Waals surface area contributed by atoms with Gasteiger partial charge < -0.3 is 134 Å². The van der Waals surface area contributed by atoms with Crippen LogP contribution < -0.4 is 37.2 Å². The number of ketones is 3. The first-order valence-corrected chi connectivity index (χ1v) is 37.2. The zero-order valence-corrected chi connectivity index (χ0v) is 59.4. The lowest BCUT2D eigenvalue weighted by Gasteiger charge is -2.26. The number of aliphatic hydroxyl groups excluding tert-OH is 15. The van der Waals surface area contributed by atoms with Crippen LogP contribution in [-0.2, 0) is 62.3 Å². The van der Waals surface area contributed by atoms with Crippen molar-refractivity contribution in [3.05, 3.63) is 0 Å². The number of carboxylic acids is 3. The Morgan fingerprint density at radius 3 is 1.06 bits per heavy atom. The molecule has 0 radical (unpaired) electrons. The lowest BCUT2D eigenvalue weighted by Crippen LogP contribution is -2.50. The fraction of sp³-hybridized carbons (Fsp3) is 0.780. The molecular formula is C59H101N7O32S4. The molecule has 0 rings (SSSR count). The maximum absolute atomic E-state index is 14.7. The van der Waals surface area contributed by atoms with Gasteiger partial charge in [-0.2, -0.15) is 0 Å². The van der Waals surface area contributed by atoms with Gasteiger partial charge in [0, 0.05) is 125 Å². The molecule has 39 nitrogen and oxygen atoms in total. The Balaban J connectivity index is 7.60. The Labute approximate surface area is 602 Å². The molecule has 25 N–H and O–H groups in total. The highest BCUT2D eigenvalue weighted by molar-refractivity contribution is 8.77. The summed E-state index contributed by atoms with van der Waals surface area (Å²) >= 11 is 0. The quantitative estimate of drug-likeness (QED) is 0.0199. The fourth-order valence-corrected chi connectivity index (χ4v) is 13.1. The number of aliphatic hydroxyl groups is 15. The third-order valence-corrected chi connectivity index (χ3v) is 20.2. The Hall–Kier alpha value is -5.69. The third-order valence-electron chi connectivity index (χ3n) is 15.2. The first kappa shape index (κ1) is 96.3. The van der Waals surface area contributed by atoms with Crippen LogP contribution in [0, 0.1) is 17.8 Å². The highest BCUT2D eigenvalue weighted by Gasteiger charge is 2.38. The molecule has 7 amide bonds. The van der Waals surface area contributed by atoms with Gasteiger partial charge in [0.2, 0.25) is 35.4 Å². The number of rotatable bonds is 60. The summed E-state index contributed by atoms with van der Waals surface area (Å²) in [5.74, 6) is -18.4. The van der Waals surface area contributed by atoms with Crippen LogP contribution in [0.25, 0.3) is 0 Å². The van der Waals surface area contributed by atoms with Gasteiger partial charge in [0.1, 0.15) is 73.4 Å². The number of amides is 7. The SMILES string of the molecule is CCCSSCC(NC(=O)C(CCC(=O)NCC(O)C(O)C(O)C(O)CO)CC(=O)C(CCC(=O)O)NC(=O)C(CCC(=O)NCC(O)C(O)C(O)C(O)CO)CC(=O)C(CCC(=O)O)NC(=O)C(CCC(=O)NCC(O)C(O)C(O)C(O)CO)CC(=O)CCSSCCOC(=O)NC)C(=O)O. The van der Waals surface area contributed by atoms with Crippen LogP contribution in [0.1, 0.15) is 103 Å². The molecule has 588 valence electrons. The van der Waals surface area contributed by atoms with Crippen LogP contribution in [0.2, 0.25) is 0 Å². The summed E-state index contributed by atoms with van der Waals surface area (Å²) in [6, 6.07) is -5.47. The second-order valence-electron chi connectivity index (χ2n) is 23.4. The van der Waals surface area contributed by atoms with Crippen molar-refractivity contribution in [2.24, 2.45) is 17.8 Å². The van der Waals surface area contributed by atoms with Gasteiger partial charge in [-0.15, -0.1) is 0 Å². The zero-order chi connectivity index (χ0) is 77.8. The minimum Gasteiger partial charge on any atom is -0.481 e. The van der Waals surface area contributed by atoms with E-state index in [1.807, 2.05) is 6.92 Å². The average Bonchev–Trinajstić information content (AvgIpc) is 0.862. The molecule has 0 fully saturated rings. The molecule has 0 aliphatic rings. The molecule has 0 aromatic carbocycles. The lowest BCUT2D eigenvalue weighted by molar-refractivity contribution is -0.142. The normalized spacial score (nSPS) is 16.8. The van der Waals surface area contributed by atoms with Crippen LogP contribution in [-0.4, -0.2) is 336 Å². The predicted molar refractivity (Wildman–Crippen MR) is 362 cm³/mol. The number of carbonyl (C=O) groups is 13. The number of hydrogen-bond acceptors (Lipinski definition) is 33. The molecule has 0 heterocycles. The molecule has 0 spiro atoms. The molecule has 102 heavy (non-hydrogen) atoms. The van der Waals surface area contributed by atoms with Gasteiger partial charge in [-0.1, -0.05) is 50.1 Å². The predicted octanol–water partition coefficient (Wildman–Crippen LogP) is -8.10. The van der Waals surface area contributed by atoms with Gasteiger partial charge in [-0.05, 0) is 38.5 Å². The Bertz CT molecular complexity index is 2610. The first-order valence-electron chi connectivity index (χ1n) is 32.3. The average molecular weight is 1550 g/mol. The molecule has 0 aromatic heterocycles. The smallest absolute Gasteiger partial charge is 0.406 e. The van der Waals surface area contributed by atoms with Crippen LogP contribution in [0.3, 0.4) is 0 Å². The first-order chi connectivity index (χ1) is 48.0. The Morgan fingerprint density at radius 2 is 0.725 bits per heavy atom. The van der Waals surface area contributed by atoms with Gasteiger partial charge >= 0.3 is 24.0 Å². The topological polar surface area (TPSA) is 679 Å². The van der Waals surface area contributed by atoms with Crippen molar-refractivity contribution >= 4 is 120 Å². The van der Waals surface area contributed by atoms with Crippen LogP contribution in [0.15, 0.2) is 0 Å². The van der Waals surface area contributed by atoms with Crippen LogP contribution >= 0.6 is 43.2 Å². The van der Waals surface area contributed by atoms with Gasteiger partial charge in [0.25, 0.3) is 0 Å². The van der Waals surface area contributed by atoms with E-state index in [1.165, 1.54) is 39.4 Å². The van der Waals surface area contributed by atoms with E-state index in [0.29, 0.717) is 17.9 Å². The minimum absolute atomic E-state index is 0.00174. The maximum Gasteiger partial charge on any atom is 0.406 e. The van der Waals surface area contributed by atoms with E-state index in [9.17, 15) is 144 Å². The molecule has 18 unspecified atom stereocenters. The number of aliphatic carboxylic acids is 3. The Kier molecular flexibility index (Phi) is 51.0. The molecule has 0 aromatic rings. The number of carbonyl (C=O) groups excluding carboxylic acids is 10. The number of alkyl carbamates (subject to hydrolysis) is 1. The number of carboxylic acid groups (broad SMARTS) is 3. The highest BCUT2D eigenvalue weighted by Crippen LogP contribution is 2.26. The number of nitrogens with one attached hydrogen (secondary N) is 7. The summed E-state index contributed by atoms with van der Waals surface area (Å²) in [5.41, 5.74) is 0. The summed E-state index contributed by atoms with van der Waals surface area (Å²) in [4.78, 5) is 173. The van der Waals surface area contributed by atoms with Crippen LogP contribution in [0.4, 0.5) is 4.79 Å². The van der Waals surface area contributed by atoms with Crippen molar-refractivity contribution in [2.75, 3.05) is 76.1 Å². The summed E-state index contributed by atoms with van der Waals surface area (Å²) in [6.45, 7) is -3.69. The van der Waals surface area contributed by atoms with E-state index in [0.717, 1.165) is 10.8 Å². The summed E-state index contributed by atoms with van der Waals surface area (Å²) in [7, 11) is 6.09. The standard InChI is InChI=1S/C59H101N7O32S4/c1-3-16-99-102-28-35(58(95)96)66-57(94)31(6-11-46(81)63-24-40(75)51(88)54(91)43(78)27-69)21-37(72)34(8-13-48(84)85)65-56(93)30(5-10-45(80)62-23-39(74)50(87)53(90)42(77)26-68)20-36(71)33(7-12-47(82)83)64-55(92)29(19-32(70)14-17-100-101-18-15-98-59(97)60-2)4-9-44(79)61-22-38(73)49(86)52(89)41(76)25-67/h29-31,33-35,38-43,49-54,67-69,73-78,86-91H,3-28H2,1-2H3,(H,60,97)(H,61,79)(H,62,80)(H,63,81)(H,64,92)(H,65,93)(H,66,94)(H,82,83)(H,84,85)(H,95,96). The van der Waals surface area contributed by atoms with E-state index in [2.05, 4.69) is 37.2 Å². The van der Waals surface area contributed by atoms with E-state index in [-0.39, 0.29) is 24.5 Å². The van der Waals surface area contributed by atoms with Gasteiger partial charge in [0.05, 0.1) is 50.2 Å². The zero-order valence-electron chi connectivity index (χ0n) is 56.2. The van der Waals surface area contributed by atoms with Crippen molar-refractivity contribution in [3.8, 4) is 0 Å². The van der Waals surface area contributed by atoms with Crippen molar-refractivity contribution in [3.63, 3.8) is 0 Å². The maximum atomic E-state index is 14.7. The number of ether oxygens (including phenoxy) is 1. The van der Waals surface area contributed by atoms with Gasteiger partial charge in [0.15, 0.2) is 11.6 Å². The largest absolute Gasteiger partial charge is 0.481 e. The van der Waals surface area contributed by atoms with E-state index in [1.54, 1.807) is 0 Å². The second kappa shape index (κ2) is 54.0. The number of Topliss-reactive ketones (excluding diaryl/α,β-unsaturated/α-hetero) is 3. The van der Waals surface area contributed by atoms with Crippen molar-refractivity contribution < 1.29 is 159 Å². The second-order valence-corrected chi connectivity index (χ2v) is 28.7. The molecule has 18 atom stereocenters. The third kappa shape index (κ3) is 40.5. The van der Waals surface area contributed by atoms with Crippen molar-refractivity contribution in [1.82, 2.24) is 37.2 Å².